The normalized spacial score (nSPS) is 20.9. The van der Waals surface area contributed by atoms with Crippen LogP contribution in [0.1, 0.15) is 23.6 Å². The van der Waals surface area contributed by atoms with Crippen molar-refractivity contribution in [3.05, 3.63) is 76.7 Å². The van der Waals surface area contributed by atoms with E-state index in [1.165, 1.54) is 11.9 Å². The van der Waals surface area contributed by atoms with Crippen molar-refractivity contribution in [3.63, 3.8) is 0 Å². The van der Waals surface area contributed by atoms with Crippen LogP contribution < -0.4 is 10.3 Å². The highest BCUT2D eigenvalue weighted by atomic mass is 16.5. The van der Waals surface area contributed by atoms with Crippen molar-refractivity contribution >= 4 is 0 Å². The molecule has 2 atom stereocenters. The van der Waals surface area contributed by atoms with E-state index in [0.29, 0.717) is 11.8 Å². The zero-order valence-electron chi connectivity index (χ0n) is 16.5. The molecule has 0 unspecified atom stereocenters. The first kappa shape index (κ1) is 18.1. The van der Waals surface area contributed by atoms with Crippen molar-refractivity contribution in [2.24, 2.45) is 5.92 Å². The maximum Gasteiger partial charge on any atom is 0.250 e. The second-order valence-electron chi connectivity index (χ2n) is 8.05. The standard InChI is InChI=1S/C23H24N4O2/c1-29-20-4-2-16(3-5-20)11-26-12-17-8-18(14-26)23-21(19-9-24-15-25-10-19)6-7-22(28)27(23)13-17/h2-7,9-10,15,17-18H,8,11-14H2,1H3/t17-,18+/m0/s1. The van der Waals surface area contributed by atoms with Crippen LogP contribution in [0.4, 0.5) is 0 Å². The van der Waals surface area contributed by atoms with E-state index >= 15 is 0 Å². The zero-order chi connectivity index (χ0) is 19.8. The predicted octanol–water partition coefficient (Wildman–Crippen LogP) is 2.93. The number of nitrogens with zero attached hydrogens (tertiary/aromatic N) is 4. The van der Waals surface area contributed by atoms with E-state index in [9.17, 15) is 4.79 Å². The summed E-state index contributed by atoms with van der Waals surface area (Å²) in [6.45, 7) is 3.67. The van der Waals surface area contributed by atoms with Crippen molar-refractivity contribution in [1.29, 1.82) is 0 Å². The molecular formula is C23H24N4O2. The van der Waals surface area contributed by atoms with Gasteiger partial charge in [-0.1, -0.05) is 12.1 Å². The van der Waals surface area contributed by atoms with Crippen LogP contribution in [-0.4, -0.2) is 39.6 Å². The van der Waals surface area contributed by atoms with E-state index in [-0.39, 0.29) is 5.56 Å². The van der Waals surface area contributed by atoms with Gasteiger partial charge in [0, 0.05) is 67.4 Å². The minimum Gasteiger partial charge on any atom is -0.497 e. The van der Waals surface area contributed by atoms with E-state index in [2.05, 4.69) is 27.0 Å². The summed E-state index contributed by atoms with van der Waals surface area (Å²) in [5.41, 5.74) is 4.58. The maximum atomic E-state index is 12.6. The molecule has 5 rings (SSSR count). The number of methoxy groups -OCH3 is 1. The number of ether oxygens (including phenoxy) is 1. The lowest BCUT2D eigenvalue weighted by Gasteiger charge is -2.43. The Hall–Kier alpha value is -2.99. The monoisotopic (exact) mass is 388 g/mol. The summed E-state index contributed by atoms with van der Waals surface area (Å²) in [6.07, 6.45) is 6.33. The molecule has 2 bridgehead atoms. The Morgan fingerprint density at radius 2 is 1.83 bits per heavy atom. The first-order chi connectivity index (χ1) is 14.2. The van der Waals surface area contributed by atoms with Gasteiger partial charge in [0.1, 0.15) is 12.1 Å². The molecule has 29 heavy (non-hydrogen) atoms. The van der Waals surface area contributed by atoms with Crippen LogP contribution >= 0.6 is 0 Å². The third kappa shape index (κ3) is 3.44. The van der Waals surface area contributed by atoms with Crippen molar-refractivity contribution in [1.82, 2.24) is 19.4 Å². The molecule has 6 heteroatoms. The Bertz CT molecular complexity index is 1060. The molecule has 0 spiro atoms. The Labute approximate surface area is 169 Å². The maximum absolute atomic E-state index is 12.6. The van der Waals surface area contributed by atoms with Gasteiger partial charge < -0.3 is 9.30 Å². The van der Waals surface area contributed by atoms with Gasteiger partial charge in [0.25, 0.3) is 5.56 Å². The first-order valence-corrected chi connectivity index (χ1v) is 10.1. The number of aromatic nitrogens is 3. The number of piperidine rings is 1. The van der Waals surface area contributed by atoms with Crippen molar-refractivity contribution in [2.75, 3.05) is 20.2 Å². The molecule has 2 aliphatic rings. The second kappa shape index (κ2) is 7.44. The van der Waals surface area contributed by atoms with Crippen LogP contribution in [-0.2, 0) is 13.1 Å². The second-order valence-corrected chi connectivity index (χ2v) is 8.05. The van der Waals surface area contributed by atoms with Crippen LogP contribution in [0.5, 0.6) is 5.75 Å². The lowest BCUT2D eigenvalue weighted by atomic mass is 9.80. The van der Waals surface area contributed by atoms with Gasteiger partial charge in [-0.25, -0.2) is 9.97 Å². The van der Waals surface area contributed by atoms with Crippen molar-refractivity contribution in [2.45, 2.75) is 25.4 Å². The van der Waals surface area contributed by atoms with Crippen LogP contribution in [0.15, 0.2) is 59.9 Å². The van der Waals surface area contributed by atoms with Crippen molar-refractivity contribution < 1.29 is 4.74 Å². The number of benzene rings is 1. The molecule has 0 aliphatic carbocycles. The van der Waals surface area contributed by atoms with Crippen LogP contribution in [0.2, 0.25) is 0 Å². The third-order valence-electron chi connectivity index (χ3n) is 6.10. The van der Waals surface area contributed by atoms with Gasteiger partial charge in [-0.2, -0.15) is 0 Å². The fourth-order valence-corrected chi connectivity index (χ4v) is 4.91. The highest BCUT2D eigenvalue weighted by Crippen LogP contribution is 2.39. The predicted molar refractivity (Wildman–Crippen MR) is 111 cm³/mol. The van der Waals surface area contributed by atoms with Crippen LogP contribution in [0, 0.1) is 5.92 Å². The van der Waals surface area contributed by atoms with Gasteiger partial charge in [-0.3, -0.25) is 9.69 Å². The minimum atomic E-state index is 0.0962. The Kier molecular flexibility index (Phi) is 4.64. The summed E-state index contributed by atoms with van der Waals surface area (Å²) in [5, 5.41) is 0. The quantitative estimate of drug-likeness (QED) is 0.688. The molecule has 0 N–H and O–H groups in total. The van der Waals surface area contributed by atoms with Crippen molar-refractivity contribution in [3.8, 4) is 16.9 Å². The molecule has 4 heterocycles. The molecular weight excluding hydrogens is 364 g/mol. The lowest BCUT2D eigenvalue weighted by molar-refractivity contribution is 0.115. The largest absolute Gasteiger partial charge is 0.497 e. The Morgan fingerprint density at radius 1 is 1.03 bits per heavy atom. The number of fused-ring (bicyclic) bond motifs is 4. The number of rotatable bonds is 4. The van der Waals surface area contributed by atoms with E-state index in [0.717, 1.165) is 55.2 Å². The number of pyridine rings is 1. The van der Waals surface area contributed by atoms with Gasteiger partial charge in [0.05, 0.1) is 7.11 Å². The molecule has 3 aromatic rings. The van der Waals surface area contributed by atoms with Crippen LogP contribution in [0.3, 0.4) is 0 Å². The van der Waals surface area contributed by atoms with Gasteiger partial charge >= 0.3 is 0 Å². The fourth-order valence-electron chi connectivity index (χ4n) is 4.91. The SMILES string of the molecule is COc1ccc(CN2C[C@@H]3C[C@H](C2)c2c(-c4cncnc4)ccc(=O)n2C3)cc1. The summed E-state index contributed by atoms with van der Waals surface area (Å²) in [5.74, 6) is 1.72. The summed E-state index contributed by atoms with van der Waals surface area (Å²) in [4.78, 5) is 23.5. The molecule has 2 aromatic heterocycles. The molecule has 1 saturated heterocycles. The zero-order valence-corrected chi connectivity index (χ0v) is 16.5. The van der Waals surface area contributed by atoms with E-state index in [1.807, 2.05) is 35.2 Å². The van der Waals surface area contributed by atoms with Gasteiger partial charge in [-0.15, -0.1) is 0 Å². The molecule has 1 aromatic carbocycles. The van der Waals surface area contributed by atoms with Gasteiger partial charge in [0.2, 0.25) is 0 Å². The number of hydrogen-bond donors (Lipinski definition) is 0. The number of hydrogen-bond acceptors (Lipinski definition) is 5. The average Bonchev–Trinajstić information content (AvgIpc) is 2.75. The van der Waals surface area contributed by atoms with Gasteiger partial charge in [-0.05, 0) is 36.1 Å². The molecule has 0 saturated carbocycles. The van der Waals surface area contributed by atoms with Gasteiger partial charge in [0.15, 0.2) is 0 Å². The summed E-state index contributed by atoms with van der Waals surface area (Å²) >= 11 is 0. The molecule has 1 fully saturated rings. The highest BCUT2D eigenvalue weighted by molar-refractivity contribution is 5.65. The van der Waals surface area contributed by atoms with E-state index in [4.69, 9.17) is 4.74 Å². The van der Waals surface area contributed by atoms with E-state index < -0.39 is 0 Å². The minimum absolute atomic E-state index is 0.0962. The molecule has 148 valence electrons. The summed E-state index contributed by atoms with van der Waals surface area (Å²) in [7, 11) is 1.69. The smallest absolute Gasteiger partial charge is 0.250 e. The highest BCUT2D eigenvalue weighted by Gasteiger charge is 2.36. The Morgan fingerprint density at radius 3 is 2.59 bits per heavy atom. The fraction of sp³-hybridized carbons (Fsp3) is 0.348. The molecule has 2 aliphatic heterocycles. The molecule has 0 radical (unpaired) electrons. The Balaban J connectivity index is 1.46. The van der Waals surface area contributed by atoms with Crippen LogP contribution in [0.25, 0.3) is 11.1 Å². The molecule has 6 nitrogen and oxygen atoms in total. The third-order valence-corrected chi connectivity index (χ3v) is 6.10. The topological polar surface area (TPSA) is 60.2 Å². The number of likely N-dealkylation sites (tertiary alicyclic amines) is 1. The molecule has 0 amide bonds. The summed E-state index contributed by atoms with van der Waals surface area (Å²) in [6, 6.07) is 11.9. The average molecular weight is 388 g/mol. The lowest BCUT2D eigenvalue weighted by Crippen LogP contribution is -2.47. The first-order valence-electron chi connectivity index (χ1n) is 10.1. The van der Waals surface area contributed by atoms with E-state index in [1.54, 1.807) is 13.2 Å². The summed E-state index contributed by atoms with van der Waals surface area (Å²) < 4.78 is 7.26.